The van der Waals surface area contributed by atoms with Gasteiger partial charge in [-0.05, 0) is 36.8 Å². The predicted octanol–water partition coefficient (Wildman–Crippen LogP) is 2.87. The molecule has 0 bridgehead atoms. The second kappa shape index (κ2) is 6.14. The fraction of sp³-hybridized carbons (Fsp3) is 0.267. The van der Waals surface area contributed by atoms with E-state index >= 15 is 0 Å². The summed E-state index contributed by atoms with van der Waals surface area (Å²) in [5.41, 5.74) is 0.975. The zero-order valence-electron chi connectivity index (χ0n) is 11.6. The van der Waals surface area contributed by atoms with E-state index < -0.39 is 0 Å². The summed E-state index contributed by atoms with van der Waals surface area (Å²) in [6.45, 7) is 1.77. The second-order valence-electron chi connectivity index (χ2n) is 4.19. The molecule has 0 saturated carbocycles. The monoisotopic (exact) mass is 276 g/mol. The summed E-state index contributed by atoms with van der Waals surface area (Å²) >= 11 is 0. The average molecular weight is 276 g/mol. The van der Waals surface area contributed by atoms with Gasteiger partial charge in [0.1, 0.15) is 0 Å². The zero-order chi connectivity index (χ0) is 14.5. The van der Waals surface area contributed by atoms with Crippen molar-refractivity contribution in [2.75, 3.05) is 20.8 Å². The van der Waals surface area contributed by atoms with Crippen molar-refractivity contribution in [2.24, 2.45) is 0 Å². The summed E-state index contributed by atoms with van der Waals surface area (Å²) in [4.78, 5) is 11.8. The molecule has 0 saturated heterocycles. The number of benzene rings is 1. The van der Waals surface area contributed by atoms with Crippen LogP contribution in [0.15, 0.2) is 34.9 Å². The lowest BCUT2D eigenvalue weighted by Crippen LogP contribution is -2.12. The van der Waals surface area contributed by atoms with Crippen molar-refractivity contribution in [3.05, 3.63) is 41.9 Å². The van der Waals surface area contributed by atoms with E-state index in [0.29, 0.717) is 17.2 Å². The molecule has 106 valence electrons. The number of furan rings is 1. The molecule has 0 atom stereocenters. The topological polar surface area (TPSA) is 57.9 Å². The molecule has 0 aliphatic rings. The Kier molecular flexibility index (Phi) is 4.30. The van der Waals surface area contributed by atoms with Crippen LogP contribution in [0.3, 0.4) is 0 Å². The van der Waals surface area contributed by atoms with E-state index in [9.17, 15) is 4.79 Å². The molecule has 0 spiro atoms. The SMILES string of the molecule is COc1cc(C)cc(OC)c1OCC(=O)c1ccco1. The molecule has 0 amide bonds. The Morgan fingerprint density at radius 3 is 2.35 bits per heavy atom. The molecular weight excluding hydrogens is 260 g/mol. The van der Waals surface area contributed by atoms with Gasteiger partial charge in [0.15, 0.2) is 23.9 Å². The summed E-state index contributed by atoms with van der Waals surface area (Å²) in [5.74, 6) is 1.46. The van der Waals surface area contributed by atoms with Crippen LogP contribution >= 0.6 is 0 Å². The van der Waals surface area contributed by atoms with Gasteiger partial charge in [0, 0.05) is 0 Å². The van der Waals surface area contributed by atoms with Crippen molar-refractivity contribution in [2.45, 2.75) is 6.92 Å². The van der Waals surface area contributed by atoms with E-state index in [-0.39, 0.29) is 18.2 Å². The van der Waals surface area contributed by atoms with Crippen molar-refractivity contribution < 1.29 is 23.4 Å². The fourth-order valence-corrected chi connectivity index (χ4v) is 1.80. The van der Waals surface area contributed by atoms with Crippen LogP contribution in [-0.2, 0) is 0 Å². The van der Waals surface area contributed by atoms with Crippen molar-refractivity contribution in [1.29, 1.82) is 0 Å². The number of hydrogen-bond acceptors (Lipinski definition) is 5. The van der Waals surface area contributed by atoms with Gasteiger partial charge in [-0.1, -0.05) is 0 Å². The highest BCUT2D eigenvalue weighted by Gasteiger charge is 2.16. The molecular formula is C15H16O5. The maximum Gasteiger partial charge on any atom is 0.235 e. The third-order valence-electron chi connectivity index (χ3n) is 2.75. The highest BCUT2D eigenvalue weighted by Crippen LogP contribution is 2.38. The number of hydrogen-bond donors (Lipinski definition) is 0. The Morgan fingerprint density at radius 1 is 1.20 bits per heavy atom. The van der Waals surface area contributed by atoms with Gasteiger partial charge in [-0.15, -0.1) is 0 Å². The Bertz CT molecular complexity index is 561. The molecule has 0 fully saturated rings. The molecule has 20 heavy (non-hydrogen) atoms. The molecule has 5 heteroatoms. The standard InChI is InChI=1S/C15H16O5/c1-10-7-13(17-2)15(14(8-10)18-3)20-9-11(16)12-5-4-6-19-12/h4-8H,9H2,1-3H3. The minimum Gasteiger partial charge on any atom is -0.493 e. The first-order valence-electron chi connectivity index (χ1n) is 6.08. The molecule has 0 aliphatic carbocycles. The number of ketones is 1. The van der Waals surface area contributed by atoms with Crippen LogP contribution in [-0.4, -0.2) is 26.6 Å². The van der Waals surface area contributed by atoms with Gasteiger partial charge in [-0.3, -0.25) is 4.79 Å². The number of aryl methyl sites for hydroxylation is 1. The van der Waals surface area contributed by atoms with Crippen LogP contribution in [0.1, 0.15) is 16.1 Å². The van der Waals surface area contributed by atoms with Gasteiger partial charge in [-0.25, -0.2) is 0 Å². The van der Waals surface area contributed by atoms with Crippen molar-refractivity contribution >= 4 is 5.78 Å². The smallest absolute Gasteiger partial charge is 0.235 e. The molecule has 0 radical (unpaired) electrons. The van der Waals surface area contributed by atoms with Crippen molar-refractivity contribution in [1.82, 2.24) is 0 Å². The number of carbonyl (C=O) groups excluding carboxylic acids is 1. The Hall–Kier alpha value is -2.43. The summed E-state index contributed by atoms with van der Waals surface area (Å²) in [6, 6.07) is 6.88. The van der Waals surface area contributed by atoms with Gasteiger partial charge in [0.25, 0.3) is 0 Å². The molecule has 0 unspecified atom stereocenters. The van der Waals surface area contributed by atoms with E-state index in [0.717, 1.165) is 5.56 Å². The molecule has 2 rings (SSSR count). The summed E-state index contributed by atoms with van der Waals surface area (Å²) in [7, 11) is 3.07. The lowest BCUT2D eigenvalue weighted by atomic mass is 10.2. The summed E-state index contributed by atoms with van der Waals surface area (Å²) in [6.07, 6.45) is 1.44. The van der Waals surface area contributed by atoms with E-state index in [1.165, 1.54) is 20.5 Å². The minimum atomic E-state index is -0.250. The number of Topliss-reactive ketones (excluding diaryl/α,β-unsaturated/α-hetero) is 1. The van der Waals surface area contributed by atoms with Gasteiger partial charge >= 0.3 is 0 Å². The number of methoxy groups -OCH3 is 2. The van der Waals surface area contributed by atoms with Gasteiger partial charge in [0.2, 0.25) is 11.5 Å². The van der Waals surface area contributed by atoms with Crippen molar-refractivity contribution in [3.63, 3.8) is 0 Å². The quantitative estimate of drug-likeness (QED) is 0.759. The maximum atomic E-state index is 11.8. The molecule has 1 aromatic heterocycles. The summed E-state index contributed by atoms with van der Waals surface area (Å²) in [5, 5.41) is 0. The predicted molar refractivity (Wildman–Crippen MR) is 72.8 cm³/mol. The Balaban J connectivity index is 2.18. The summed E-state index contributed by atoms with van der Waals surface area (Å²) < 4.78 is 21.1. The minimum absolute atomic E-state index is 0.150. The van der Waals surface area contributed by atoms with Crippen LogP contribution in [0.2, 0.25) is 0 Å². The highest BCUT2D eigenvalue weighted by molar-refractivity contribution is 5.94. The van der Waals surface area contributed by atoms with Crippen LogP contribution < -0.4 is 14.2 Å². The molecule has 1 heterocycles. The number of ether oxygens (including phenoxy) is 3. The van der Waals surface area contributed by atoms with Gasteiger partial charge < -0.3 is 18.6 Å². The first-order chi connectivity index (χ1) is 9.65. The largest absolute Gasteiger partial charge is 0.493 e. The first kappa shape index (κ1) is 14.0. The van der Waals surface area contributed by atoms with Gasteiger partial charge in [0.05, 0.1) is 20.5 Å². The van der Waals surface area contributed by atoms with E-state index in [4.69, 9.17) is 18.6 Å². The molecule has 1 aromatic carbocycles. The van der Waals surface area contributed by atoms with Crippen LogP contribution in [0.25, 0.3) is 0 Å². The average Bonchev–Trinajstić information content (AvgIpc) is 2.98. The normalized spacial score (nSPS) is 10.2. The number of rotatable bonds is 6. The maximum absolute atomic E-state index is 11.8. The van der Waals surface area contributed by atoms with Crippen LogP contribution in [0.4, 0.5) is 0 Å². The third kappa shape index (κ3) is 2.93. The molecule has 2 aromatic rings. The number of carbonyl (C=O) groups is 1. The lowest BCUT2D eigenvalue weighted by molar-refractivity contribution is 0.0889. The zero-order valence-corrected chi connectivity index (χ0v) is 11.6. The first-order valence-corrected chi connectivity index (χ1v) is 6.08. The van der Waals surface area contributed by atoms with E-state index in [1.54, 1.807) is 12.1 Å². The second-order valence-corrected chi connectivity index (χ2v) is 4.19. The highest BCUT2D eigenvalue weighted by atomic mass is 16.5. The molecule has 0 aliphatic heterocycles. The Labute approximate surface area is 117 Å². The Morgan fingerprint density at radius 2 is 1.85 bits per heavy atom. The van der Waals surface area contributed by atoms with Crippen LogP contribution in [0.5, 0.6) is 17.2 Å². The van der Waals surface area contributed by atoms with Crippen LogP contribution in [0, 0.1) is 6.92 Å². The lowest BCUT2D eigenvalue weighted by Gasteiger charge is -2.14. The molecule has 0 N–H and O–H groups in total. The van der Waals surface area contributed by atoms with E-state index in [1.807, 2.05) is 19.1 Å². The third-order valence-corrected chi connectivity index (χ3v) is 2.75. The molecule has 5 nitrogen and oxygen atoms in total. The van der Waals surface area contributed by atoms with Crippen molar-refractivity contribution in [3.8, 4) is 17.2 Å². The fourth-order valence-electron chi connectivity index (χ4n) is 1.80. The van der Waals surface area contributed by atoms with E-state index in [2.05, 4.69) is 0 Å². The van der Waals surface area contributed by atoms with Gasteiger partial charge in [-0.2, -0.15) is 0 Å².